The molecule has 0 aliphatic heterocycles. The van der Waals surface area contributed by atoms with Gasteiger partial charge in [-0.1, -0.05) is 127 Å². The minimum atomic E-state index is 0.630. The summed E-state index contributed by atoms with van der Waals surface area (Å²) in [6.07, 6.45) is 4.10. The lowest BCUT2D eigenvalue weighted by Crippen LogP contribution is -2.05. The highest BCUT2D eigenvalue weighted by atomic mass is 32.1. The van der Waals surface area contributed by atoms with Crippen molar-refractivity contribution in [2.24, 2.45) is 0 Å². The molecule has 0 N–H and O–H groups in total. The molecule has 15 aromatic rings. The maximum Gasteiger partial charge on any atom is 0.164 e. The average Bonchev–Trinajstić information content (AvgIpc) is 4.25. The molecule has 8 heteroatoms. The van der Waals surface area contributed by atoms with E-state index in [1.54, 1.807) is 0 Å². The van der Waals surface area contributed by atoms with E-state index in [0.29, 0.717) is 17.5 Å². The van der Waals surface area contributed by atoms with Crippen molar-refractivity contribution in [3.63, 3.8) is 0 Å². The van der Waals surface area contributed by atoms with Gasteiger partial charge in [-0.3, -0.25) is 0 Å². The molecule has 0 radical (unpaired) electrons. The highest BCUT2D eigenvalue weighted by Gasteiger charge is 2.24. The van der Waals surface area contributed by atoms with Crippen LogP contribution < -0.4 is 0 Å². The van der Waals surface area contributed by atoms with Crippen molar-refractivity contribution < 1.29 is 4.42 Å². The number of allylic oxidation sites excluding steroid dienone is 1. The minimum Gasteiger partial charge on any atom is -0.456 e. The number of fused-ring (bicyclic) bond motifs is 15. The molecular weight excluding hydrogens is 925 g/mol. The fourth-order valence-electron chi connectivity index (χ4n) is 11.4. The van der Waals surface area contributed by atoms with E-state index in [1.165, 1.54) is 93.9 Å². The van der Waals surface area contributed by atoms with Crippen LogP contribution in [-0.4, -0.2) is 19.5 Å². The highest BCUT2D eigenvalue weighted by molar-refractivity contribution is 7.26. The van der Waals surface area contributed by atoms with Crippen molar-refractivity contribution in [2.75, 3.05) is 0 Å². The summed E-state index contributed by atoms with van der Waals surface area (Å²) in [6.45, 7) is 0. The quantitative estimate of drug-likeness (QED) is 0.172. The van der Waals surface area contributed by atoms with E-state index in [1.807, 2.05) is 34.0 Å². The van der Waals surface area contributed by atoms with Crippen LogP contribution in [0.25, 0.3) is 145 Å². The Balaban J connectivity index is 0.899. The van der Waals surface area contributed by atoms with Gasteiger partial charge in [0.1, 0.15) is 11.2 Å². The molecule has 0 bridgehead atoms. The lowest BCUT2D eigenvalue weighted by molar-refractivity contribution is 0.669. The molecule has 0 atom stereocenters. The number of aromatic nitrogens is 4. The minimum absolute atomic E-state index is 0.630. The fraction of sp³-hybridized carbons (Fsp3) is 0.0317. The Morgan fingerprint density at radius 2 is 1.07 bits per heavy atom. The van der Waals surface area contributed by atoms with E-state index >= 15 is 0 Å². The number of hydrogen-bond acceptors (Lipinski definition) is 7. The number of aryl methyl sites for hydroxylation is 1. The lowest BCUT2D eigenvalue weighted by Gasteiger charge is -2.15. The van der Waals surface area contributed by atoms with E-state index in [4.69, 9.17) is 19.4 Å². The SMILES string of the molecule is C1=C(c2nc(-c3ccc4c(c3)sc3ccccc34)nc(-c3cccc4oc5ccc(-c6ccc(-n7c8ccccc8c8ccccc87)c7sc8ccccc8c67)cc5c34)n2)CCc2c1sc1ccccc21. The first kappa shape index (κ1) is 39.6. The first-order valence-corrected chi connectivity index (χ1v) is 26.4. The van der Waals surface area contributed by atoms with Gasteiger partial charge in [0.15, 0.2) is 17.5 Å². The summed E-state index contributed by atoms with van der Waals surface area (Å²) in [5, 5.41) is 10.9. The van der Waals surface area contributed by atoms with Gasteiger partial charge < -0.3 is 8.98 Å². The van der Waals surface area contributed by atoms with Gasteiger partial charge in [-0.25, -0.2) is 15.0 Å². The Morgan fingerprint density at radius 3 is 1.89 bits per heavy atom. The Bertz CT molecular complexity index is 4740. The Kier molecular flexibility index (Phi) is 8.42. The molecule has 1 aliphatic carbocycles. The van der Waals surface area contributed by atoms with Gasteiger partial charge in [0.2, 0.25) is 0 Å². The zero-order valence-corrected chi connectivity index (χ0v) is 40.3. The molecule has 0 saturated heterocycles. The Morgan fingerprint density at radius 1 is 0.408 bits per heavy atom. The number of thiophene rings is 3. The Labute approximate surface area is 417 Å². The zero-order valence-electron chi connectivity index (χ0n) is 37.8. The van der Waals surface area contributed by atoms with Gasteiger partial charge in [0.05, 0.1) is 21.4 Å². The third-order valence-electron chi connectivity index (χ3n) is 14.6. The van der Waals surface area contributed by atoms with Crippen molar-refractivity contribution in [3.8, 4) is 39.6 Å². The van der Waals surface area contributed by atoms with Gasteiger partial charge in [-0.15, -0.1) is 34.0 Å². The average molecular weight is 961 g/mol. The van der Waals surface area contributed by atoms with E-state index in [9.17, 15) is 0 Å². The standard InChI is InChI=1S/C63H36N4OS3/c1-6-18-48-39(12-1)40-13-2-7-19-49(40)67(48)50-30-29-38(59-45-16-5-10-23-55(45)71-60(50)59)35-26-31-51-47(32-35)58-46(17-11-20-52(58)68-51)63-65-61(36-24-27-43-41-14-3-8-21-53(41)69-56(43)33-36)64-62(66-63)37-25-28-44-42-15-4-9-22-54(42)70-57(44)34-37/h1-24,26-27,29-34H,25,28H2. The first-order chi connectivity index (χ1) is 35.2. The van der Waals surface area contributed by atoms with Crippen LogP contribution in [0.1, 0.15) is 22.7 Å². The fourth-order valence-corrected chi connectivity index (χ4v) is 15.0. The van der Waals surface area contributed by atoms with Crippen molar-refractivity contribution in [3.05, 3.63) is 204 Å². The second kappa shape index (κ2) is 15.1. The Hall–Kier alpha value is -8.27. The molecule has 332 valence electrons. The molecule has 16 rings (SSSR count). The molecule has 6 aromatic heterocycles. The third-order valence-corrected chi connectivity index (χ3v) is 18.1. The maximum atomic E-state index is 6.72. The molecule has 6 heterocycles. The summed E-state index contributed by atoms with van der Waals surface area (Å²) in [4.78, 5) is 17.4. The van der Waals surface area contributed by atoms with Crippen LogP contribution in [-0.2, 0) is 6.42 Å². The molecule has 0 spiro atoms. The van der Waals surface area contributed by atoms with Crippen LogP contribution in [0.2, 0.25) is 0 Å². The molecule has 1 aliphatic rings. The summed E-state index contributed by atoms with van der Waals surface area (Å²) < 4.78 is 15.5. The van der Waals surface area contributed by atoms with Crippen LogP contribution in [0.5, 0.6) is 0 Å². The van der Waals surface area contributed by atoms with E-state index < -0.39 is 0 Å². The third kappa shape index (κ3) is 5.93. The van der Waals surface area contributed by atoms with E-state index in [2.05, 4.69) is 199 Å². The predicted molar refractivity (Wildman–Crippen MR) is 302 cm³/mol. The van der Waals surface area contributed by atoms with Crippen LogP contribution in [0.3, 0.4) is 0 Å². The summed E-state index contributed by atoms with van der Waals surface area (Å²) in [6, 6.07) is 68.0. The number of para-hydroxylation sites is 2. The number of hydrogen-bond donors (Lipinski definition) is 0. The summed E-state index contributed by atoms with van der Waals surface area (Å²) in [5.74, 6) is 2.00. The van der Waals surface area contributed by atoms with Crippen LogP contribution >= 0.6 is 34.0 Å². The summed E-state index contributed by atoms with van der Waals surface area (Å²) in [7, 11) is 0. The zero-order chi connectivity index (χ0) is 46.3. The van der Waals surface area contributed by atoms with Crippen molar-refractivity contribution >= 4 is 140 Å². The van der Waals surface area contributed by atoms with Crippen LogP contribution in [0, 0.1) is 0 Å². The lowest BCUT2D eigenvalue weighted by atomic mass is 9.95. The number of rotatable bonds is 5. The van der Waals surface area contributed by atoms with E-state index in [0.717, 1.165) is 57.0 Å². The normalized spacial score (nSPS) is 13.0. The van der Waals surface area contributed by atoms with E-state index in [-0.39, 0.29) is 0 Å². The molecule has 0 amide bonds. The van der Waals surface area contributed by atoms with Crippen molar-refractivity contribution in [2.45, 2.75) is 12.8 Å². The van der Waals surface area contributed by atoms with Gasteiger partial charge in [-0.05, 0) is 107 Å². The summed E-state index contributed by atoms with van der Waals surface area (Å²) >= 11 is 5.52. The van der Waals surface area contributed by atoms with Gasteiger partial charge in [0, 0.05) is 77.9 Å². The van der Waals surface area contributed by atoms with Crippen LogP contribution in [0.4, 0.5) is 0 Å². The molecule has 9 aromatic carbocycles. The van der Waals surface area contributed by atoms with Gasteiger partial charge in [-0.2, -0.15) is 0 Å². The van der Waals surface area contributed by atoms with Crippen molar-refractivity contribution in [1.82, 2.24) is 19.5 Å². The number of nitrogens with zero attached hydrogens (tertiary/aromatic N) is 4. The second-order valence-corrected chi connectivity index (χ2v) is 21.7. The predicted octanol–water partition coefficient (Wildman–Crippen LogP) is 18.3. The molecule has 0 fully saturated rings. The van der Waals surface area contributed by atoms with Crippen molar-refractivity contribution in [1.29, 1.82) is 0 Å². The largest absolute Gasteiger partial charge is 0.456 e. The maximum absolute atomic E-state index is 6.72. The molecule has 0 unspecified atom stereocenters. The topological polar surface area (TPSA) is 56.7 Å². The first-order valence-electron chi connectivity index (χ1n) is 23.9. The highest BCUT2D eigenvalue weighted by Crippen LogP contribution is 2.47. The van der Waals surface area contributed by atoms with Gasteiger partial charge in [0.25, 0.3) is 0 Å². The molecule has 71 heavy (non-hydrogen) atoms. The van der Waals surface area contributed by atoms with Gasteiger partial charge >= 0.3 is 0 Å². The smallest absolute Gasteiger partial charge is 0.164 e. The van der Waals surface area contributed by atoms with Crippen LogP contribution in [0.15, 0.2) is 192 Å². The second-order valence-electron chi connectivity index (χ2n) is 18.5. The molecular formula is C63H36N4OS3. The molecule has 0 saturated carbocycles. The monoisotopic (exact) mass is 960 g/mol. The summed E-state index contributed by atoms with van der Waals surface area (Å²) in [5.41, 5.74) is 11.9. The number of benzene rings is 9. The number of furan rings is 1. The molecule has 5 nitrogen and oxygen atoms in total.